The minimum Gasteiger partial charge on any atom is -0.198 e. The van der Waals surface area contributed by atoms with Crippen molar-refractivity contribution in [3.05, 3.63) is 24.8 Å². The maximum Gasteiger partial charge on any atom is 0.0684 e. The average molecular weight is 149 g/mol. The first kappa shape index (κ1) is 9.97. The van der Waals surface area contributed by atoms with Gasteiger partial charge in [-0.3, -0.25) is 0 Å². The fraction of sp³-hybridized carbons (Fsp3) is 0.500. The van der Waals surface area contributed by atoms with Gasteiger partial charge in [0.2, 0.25) is 0 Å². The molecule has 1 heteroatoms. The summed E-state index contributed by atoms with van der Waals surface area (Å²) in [7, 11) is 0. The molecule has 0 aliphatic rings. The molecular formula is C10H15N. The van der Waals surface area contributed by atoms with Crippen LogP contribution in [0.15, 0.2) is 24.8 Å². The molecule has 0 radical (unpaired) electrons. The van der Waals surface area contributed by atoms with Crippen LogP contribution in [0.4, 0.5) is 0 Å². The monoisotopic (exact) mass is 149 g/mol. The smallest absolute Gasteiger partial charge is 0.0684 e. The van der Waals surface area contributed by atoms with E-state index in [-0.39, 0.29) is 5.41 Å². The summed E-state index contributed by atoms with van der Waals surface area (Å²) in [5, 5.41) is 8.66. The van der Waals surface area contributed by atoms with E-state index < -0.39 is 0 Å². The Kier molecular flexibility index (Phi) is 4.29. The topological polar surface area (TPSA) is 23.8 Å². The summed E-state index contributed by atoms with van der Waals surface area (Å²) in [6.07, 6.45) is 7.55. The number of hydrogen-bond donors (Lipinski definition) is 0. The normalized spacial score (nSPS) is 11.4. The summed E-state index contributed by atoms with van der Waals surface area (Å²) in [5.41, 5.74) is -0.189. The van der Waals surface area contributed by atoms with Gasteiger partial charge in [0.05, 0.1) is 11.5 Å². The Balaban J connectivity index is 3.64. The Morgan fingerprint density at radius 2 is 2.18 bits per heavy atom. The van der Waals surface area contributed by atoms with Gasteiger partial charge in [-0.2, -0.15) is 5.26 Å². The van der Waals surface area contributed by atoms with Crippen molar-refractivity contribution in [3.8, 4) is 6.07 Å². The van der Waals surface area contributed by atoms with E-state index in [1.165, 1.54) is 0 Å². The lowest BCUT2D eigenvalue weighted by molar-refractivity contribution is 0.457. The summed E-state index contributed by atoms with van der Waals surface area (Å²) in [5.74, 6) is 0. The Morgan fingerprint density at radius 1 is 1.55 bits per heavy atom. The SMILES string of the molecule is C=C/C=C/CCC(C)(C)C#N. The van der Waals surface area contributed by atoms with Gasteiger partial charge in [0.1, 0.15) is 0 Å². The number of hydrogen-bond acceptors (Lipinski definition) is 1. The van der Waals surface area contributed by atoms with E-state index in [1.54, 1.807) is 6.08 Å². The van der Waals surface area contributed by atoms with Crippen molar-refractivity contribution < 1.29 is 0 Å². The molecule has 0 heterocycles. The first-order valence-electron chi connectivity index (χ1n) is 3.81. The molecule has 1 nitrogen and oxygen atoms in total. The molecule has 0 bridgehead atoms. The Bertz CT molecular complexity index is 182. The van der Waals surface area contributed by atoms with E-state index in [0.29, 0.717) is 0 Å². The lowest BCUT2D eigenvalue weighted by Gasteiger charge is -2.12. The highest BCUT2D eigenvalue weighted by atomic mass is 14.3. The maximum atomic E-state index is 8.66. The Morgan fingerprint density at radius 3 is 2.64 bits per heavy atom. The Hall–Kier alpha value is -1.03. The maximum absolute atomic E-state index is 8.66. The standard InChI is InChI=1S/C10H15N/c1-4-5-6-7-8-10(2,3)9-11/h4-6H,1,7-8H2,2-3H3/b6-5+. The van der Waals surface area contributed by atoms with Crippen LogP contribution in [0.5, 0.6) is 0 Å². The summed E-state index contributed by atoms with van der Waals surface area (Å²) in [6, 6.07) is 2.26. The summed E-state index contributed by atoms with van der Waals surface area (Å²) < 4.78 is 0. The fourth-order valence-corrected chi connectivity index (χ4v) is 0.693. The molecule has 0 aromatic heterocycles. The van der Waals surface area contributed by atoms with Crippen molar-refractivity contribution in [2.75, 3.05) is 0 Å². The van der Waals surface area contributed by atoms with Crippen molar-refractivity contribution >= 4 is 0 Å². The van der Waals surface area contributed by atoms with Crippen LogP contribution >= 0.6 is 0 Å². The summed E-state index contributed by atoms with van der Waals surface area (Å²) >= 11 is 0. The van der Waals surface area contributed by atoms with Gasteiger partial charge in [-0.05, 0) is 26.7 Å². The third kappa shape index (κ3) is 5.42. The van der Waals surface area contributed by atoms with Crippen molar-refractivity contribution in [3.63, 3.8) is 0 Å². The third-order valence-electron chi connectivity index (χ3n) is 1.51. The molecule has 11 heavy (non-hydrogen) atoms. The first-order chi connectivity index (χ1) is 5.12. The first-order valence-corrected chi connectivity index (χ1v) is 3.81. The third-order valence-corrected chi connectivity index (χ3v) is 1.51. The van der Waals surface area contributed by atoms with E-state index in [4.69, 9.17) is 5.26 Å². The molecule has 0 saturated heterocycles. The van der Waals surface area contributed by atoms with Gasteiger partial charge < -0.3 is 0 Å². The summed E-state index contributed by atoms with van der Waals surface area (Å²) in [6.45, 7) is 7.47. The molecule has 0 rings (SSSR count). The summed E-state index contributed by atoms with van der Waals surface area (Å²) in [4.78, 5) is 0. The highest BCUT2D eigenvalue weighted by molar-refractivity contribution is 4.99. The van der Waals surface area contributed by atoms with E-state index >= 15 is 0 Å². The van der Waals surface area contributed by atoms with Crippen LogP contribution in [0.2, 0.25) is 0 Å². The number of nitriles is 1. The van der Waals surface area contributed by atoms with Crippen LogP contribution in [0.25, 0.3) is 0 Å². The molecule has 0 fully saturated rings. The van der Waals surface area contributed by atoms with Gasteiger partial charge in [-0.1, -0.05) is 24.8 Å². The number of nitrogens with zero attached hydrogens (tertiary/aromatic N) is 1. The largest absolute Gasteiger partial charge is 0.198 e. The molecule has 0 N–H and O–H groups in total. The molecule has 0 amide bonds. The van der Waals surface area contributed by atoms with Crippen LogP contribution in [-0.4, -0.2) is 0 Å². The second-order valence-corrected chi connectivity index (χ2v) is 3.20. The second-order valence-electron chi connectivity index (χ2n) is 3.20. The van der Waals surface area contributed by atoms with E-state index in [2.05, 4.69) is 12.6 Å². The molecule has 0 atom stereocenters. The zero-order valence-electron chi connectivity index (χ0n) is 7.30. The highest BCUT2D eigenvalue weighted by Gasteiger charge is 2.14. The van der Waals surface area contributed by atoms with E-state index in [0.717, 1.165) is 12.8 Å². The van der Waals surface area contributed by atoms with Crippen LogP contribution in [0.1, 0.15) is 26.7 Å². The molecule has 0 aromatic carbocycles. The van der Waals surface area contributed by atoms with Crippen molar-refractivity contribution in [2.24, 2.45) is 5.41 Å². The van der Waals surface area contributed by atoms with Gasteiger partial charge in [0.25, 0.3) is 0 Å². The molecule has 60 valence electrons. The molecule has 0 aromatic rings. The van der Waals surface area contributed by atoms with Crippen molar-refractivity contribution in [2.45, 2.75) is 26.7 Å². The number of allylic oxidation sites excluding steroid dienone is 3. The lowest BCUT2D eigenvalue weighted by atomic mass is 9.90. The van der Waals surface area contributed by atoms with Crippen molar-refractivity contribution in [1.29, 1.82) is 5.26 Å². The minimum absolute atomic E-state index is 0.189. The highest BCUT2D eigenvalue weighted by Crippen LogP contribution is 2.20. The van der Waals surface area contributed by atoms with Gasteiger partial charge in [-0.25, -0.2) is 0 Å². The lowest BCUT2D eigenvalue weighted by Crippen LogP contribution is -2.06. The van der Waals surface area contributed by atoms with Gasteiger partial charge in [0, 0.05) is 0 Å². The van der Waals surface area contributed by atoms with Crippen LogP contribution in [0, 0.1) is 16.7 Å². The fourth-order valence-electron chi connectivity index (χ4n) is 0.693. The molecule has 0 saturated carbocycles. The second kappa shape index (κ2) is 4.73. The number of rotatable bonds is 4. The predicted molar refractivity (Wildman–Crippen MR) is 48.0 cm³/mol. The van der Waals surface area contributed by atoms with Crippen LogP contribution in [0.3, 0.4) is 0 Å². The van der Waals surface area contributed by atoms with E-state index in [1.807, 2.05) is 26.0 Å². The van der Waals surface area contributed by atoms with Crippen LogP contribution in [-0.2, 0) is 0 Å². The molecular weight excluding hydrogens is 134 g/mol. The quantitative estimate of drug-likeness (QED) is 0.563. The molecule has 0 spiro atoms. The Labute approximate surface area is 69.0 Å². The molecule has 0 unspecified atom stereocenters. The van der Waals surface area contributed by atoms with E-state index in [9.17, 15) is 0 Å². The zero-order chi connectivity index (χ0) is 8.74. The van der Waals surface area contributed by atoms with Gasteiger partial charge >= 0.3 is 0 Å². The van der Waals surface area contributed by atoms with Crippen LogP contribution < -0.4 is 0 Å². The average Bonchev–Trinajstić information content (AvgIpc) is 1.99. The minimum atomic E-state index is -0.189. The van der Waals surface area contributed by atoms with Gasteiger partial charge in [-0.15, -0.1) is 0 Å². The predicted octanol–water partition coefficient (Wildman–Crippen LogP) is 3.06. The zero-order valence-corrected chi connectivity index (χ0v) is 7.30. The van der Waals surface area contributed by atoms with Gasteiger partial charge in [0.15, 0.2) is 0 Å². The molecule has 0 aliphatic carbocycles. The van der Waals surface area contributed by atoms with Crippen molar-refractivity contribution in [1.82, 2.24) is 0 Å². The molecule has 0 aliphatic heterocycles.